The number of allylic oxidation sites excluding steroid dienone is 1. The van der Waals surface area contributed by atoms with Gasteiger partial charge in [-0.1, -0.05) is 61.4 Å². The number of phenols is 1. The summed E-state index contributed by atoms with van der Waals surface area (Å²) in [5.41, 5.74) is 4.88. The van der Waals surface area contributed by atoms with Crippen LogP contribution < -0.4 is 0 Å². The van der Waals surface area contributed by atoms with Crippen LogP contribution in [-0.4, -0.2) is 22.3 Å². The van der Waals surface area contributed by atoms with Crippen LogP contribution in [0.15, 0.2) is 71.4 Å². The molecule has 1 saturated carbocycles. The number of fused-ring (bicyclic) bond motifs is 1. The van der Waals surface area contributed by atoms with E-state index in [4.69, 9.17) is 4.99 Å². The third kappa shape index (κ3) is 4.24. The molecule has 1 aliphatic heterocycles. The molecule has 27 heavy (non-hydrogen) atoms. The van der Waals surface area contributed by atoms with E-state index in [0.717, 1.165) is 31.4 Å². The summed E-state index contributed by atoms with van der Waals surface area (Å²) in [7, 11) is 0. The second kappa shape index (κ2) is 8.43. The molecule has 0 radical (unpaired) electrons. The van der Waals surface area contributed by atoms with Gasteiger partial charge >= 0.3 is 0 Å². The fourth-order valence-electron chi connectivity index (χ4n) is 4.09. The molecule has 2 aliphatic rings. The topological polar surface area (TPSA) is 35.8 Å². The van der Waals surface area contributed by atoms with Gasteiger partial charge in [0, 0.05) is 24.0 Å². The number of hydrogen-bond acceptors (Lipinski definition) is 3. The number of benzene rings is 2. The molecule has 140 valence electrons. The molecule has 4 rings (SSSR count). The average Bonchev–Trinajstić information content (AvgIpc) is 2.68. The van der Waals surface area contributed by atoms with E-state index in [0.29, 0.717) is 5.75 Å². The third-order valence-corrected chi connectivity index (χ3v) is 5.61. The van der Waals surface area contributed by atoms with Gasteiger partial charge < -0.3 is 10.0 Å². The molecule has 0 saturated heterocycles. The molecule has 3 heteroatoms. The van der Waals surface area contributed by atoms with E-state index in [1.165, 1.54) is 42.5 Å². The lowest BCUT2D eigenvalue weighted by Gasteiger charge is -2.35. The highest BCUT2D eigenvalue weighted by Crippen LogP contribution is 2.35. The minimum atomic E-state index is -0.131. The van der Waals surface area contributed by atoms with E-state index in [9.17, 15) is 5.11 Å². The van der Waals surface area contributed by atoms with Crippen LogP contribution in [0.25, 0.3) is 0 Å². The normalized spacial score (nSPS) is 20.1. The molecule has 1 heterocycles. The van der Waals surface area contributed by atoms with Crippen LogP contribution >= 0.6 is 0 Å². The van der Waals surface area contributed by atoms with Crippen molar-refractivity contribution >= 4 is 5.71 Å². The van der Waals surface area contributed by atoms with E-state index in [2.05, 4.69) is 41.4 Å². The predicted octanol–water partition coefficient (Wildman–Crippen LogP) is 5.63. The summed E-state index contributed by atoms with van der Waals surface area (Å²) in [6, 6.07) is 18.2. The van der Waals surface area contributed by atoms with Crippen LogP contribution in [0, 0.1) is 0 Å². The van der Waals surface area contributed by atoms with Crippen molar-refractivity contribution in [2.75, 3.05) is 6.54 Å². The van der Waals surface area contributed by atoms with Crippen molar-refractivity contribution < 1.29 is 5.11 Å². The van der Waals surface area contributed by atoms with Gasteiger partial charge in [-0.2, -0.15) is 0 Å². The number of hydrogen-bond donors (Lipinski definition) is 1. The van der Waals surface area contributed by atoms with Gasteiger partial charge in [0.1, 0.15) is 5.75 Å². The van der Waals surface area contributed by atoms with Crippen molar-refractivity contribution in [1.82, 2.24) is 4.90 Å². The van der Waals surface area contributed by atoms with Gasteiger partial charge in [0.15, 0.2) is 6.17 Å². The molecule has 1 N–H and O–H groups in total. The number of rotatable bonds is 4. The number of para-hydroxylation sites is 1. The van der Waals surface area contributed by atoms with Gasteiger partial charge in [-0.15, -0.1) is 0 Å². The Morgan fingerprint density at radius 1 is 0.889 bits per heavy atom. The first kappa shape index (κ1) is 17.8. The summed E-state index contributed by atoms with van der Waals surface area (Å²) in [5, 5.41) is 10.4. The zero-order chi connectivity index (χ0) is 18.5. The van der Waals surface area contributed by atoms with Gasteiger partial charge in [-0.3, -0.25) is 4.99 Å². The first-order valence-electron chi connectivity index (χ1n) is 10.2. The predicted molar refractivity (Wildman–Crippen MR) is 111 cm³/mol. The van der Waals surface area contributed by atoms with Gasteiger partial charge in [0.2, 0.25) is 0 Å². The van der Waals surface area contributed by atoms with Gasteiger partial charge in [-0.25, -0.2) is 0 Å². The van der Waals surface area contributed by atoms with Gasteiger partial charge in [0.25, 0.3) is 0 Å². The zero-order valence-electron chi connectivity index (χ0n) is 15.8. The molecule has 1 aliphatic carbocycles. The Labute approximate surface area is 162 Å². The number of nitrogens with zero attached hydrogens (tertiary/aromatic N) is 2. The lowest BCUT2D eigenvalue weighted by molar-refractivity contribution is 0.276. The average molecular weight is 361 g/mol. The third-order valence-electron chi connectivity index (χ3n) is 5.61. The van der Waals surface area contributed by atoms with Crippen molar-refractivity contribution in [3.63, 3.8) is 0 Å². The van der Waals surface area contributed by atoms with Gasteiger partial charge in [0.05, 0.1) is 0 Å². The maximum atomic E-state index is 10.4. The maximum absolute atomic E-state index is 10.4. The zero-order valence-corrected chi connectivity index (χ0v) is 15.8. The molecule has 3 nitrogen and oxygen atoms in total. The number of aromatic hydroxyl groups is 1. The molecule has 1 fully saturated rings. The molecular weight excluding hydrogens is 332 g/mol. The maximum Gasteiger partial charge on any atom is 0.150 e. The summed E-state index contributed by atoms with van der Waals surface area (Å²) in [6.45, 7) is 0.892. The van der Waals surface area contributed by atoms with Crippen LogP contribution in [0.4, 0.5) is 0 Å². The molecule has 2 aromatic carbocycles. The smallest absolute Gasteiger partial charge is 0.150 e. The molecule has 1 atom stereocenters. The Kier molecular flexibility index (Phi) is 5.57. The molecule has 0 amide bonds. The molecule has 0 bridgehead atoms. The van der Waals surface area contributed by atoms with Crippen LogP contribution in [0.3, 0.4) is 0 Å². The van der Waals surface area contributed by atoms with Crippen molar-refractivity contribution in [2.45, 2.75) is 51.1 Å². The van der Waals surface area contributed by atoms with E-state index in [-0.39, 0.29) is 6.17 Å². The van der Waals surface area contributed by atoms with Gasteiger partial charge in [-0.05, 0) is 49.3 Å². The summed E-state index contributed by atoms with van der Waals surface area (Å²) < 4.78 is 0. The van der Waals surface area contributed by atoms with E-state index >= 15 is 0 Å². The van der Waals surface area contributed by atoms with Crippen LogP contribution in [0.5, 0.6) is 5.75 Å². The first-order valence-corrected chi connectivity index (χ1v) is 10.2. The fourth-order valence-corrected chi connectivity index (χ4v) is 4.09. The summed E-state index contributed by atoms with van der Waals surface area (Å²) in [6.07, 6.45) is 10.4. The number of aliphatic imine (C=N–C) groups is 1. The summed E-state index contributed by atoms with van der Waals surface area (Å²) >= 11 is 0. The SMILES string of the molecule is Oc1ccccc1C1N=C2CCCCCCC2=CN1CCc1ccccc1. The Bertz CT molecular complexity index is 825. The molecule has 1 unspecified atom stereocenters. The van der Waals surface area contributed by atoms with Crippen molar-refractivity contribution in [3.05, 3.63) is 77.5 Å². The summed E-state index contributed by atoms with van der Waals surface area (Å²) in [4.78, 5) is 7.47. The highest BCUT2D eigenvalue weighted by atomic mass is 16.3. The van der Waals surface area contributed by atoms with E-state index in [1.807, 2.05) is 18.2 Å². The second-order valence-corrected chi connectivity index (χ2v) is 7.55. The Hall–Kier alpha value is -2.55. The van der Waals surface area contributed by atoms with Crippen molar-refractivity contribution in [3.8, 4) is 5.75 Å². The standard InChI is InChI=1S/C24H28N2O/c27-23-15-9-8-13-21(23)24-25-22-14-7-2-1-6-12-20(22)18-26(24)17-16-19-10-4-3-5-11-19/h3-5,8-11,13,15,18,24,27H,1-2,6-7,12,14,16-17H2. The number of phenolic OH excluding ortho intramolecular Hbond substituents is 1. The molecular formula is C24H28N2O. The highest BCUT2D eigenvalue weighted by Gasteiger charge is 2.26. The van der Waals surface area contributed by atoms with Crippen LogP contribution in [-0.2, 0) is 6.42 Å². The highest BCUT2D eigenvalue weighted by molar-refractivity contribution is 6.00. The van der Waals surface area contributed by atoms with Crippen molar-refractivity contribution in [2.24, 2.45) is 4.99 Å². The first-order chi connectivity index (χ1) is 13.3. The lowest BCUT2D eigenvalue weighted by Crippen LogP contribution is -2.31. The fraction of sp³-hybridized carbons (Fsp3) is 0.375. The van der Waals surface area contributed by atoms with Crippen LogP contribution in [0.2, 0.25) is 0 Å². The van der Waals surface area contributed by atoms with Crippen LogP contribution in [0.1, 0.15) is 55.8 Å². The van der Waals surface area contributed by atoms with E-state index in [1.54, 1.807) is 6.07 Å². The Morgan fingerprint density at radius 2 is 1.63 bits per heavy atom. The lowest BCUT2D eigenvalue weighted by atomic mass is 9.93. The second-order valence-electron chi connectivity index (χ2n) is 7.55. The Balaban J connectivity index is 1.63. The minimum absolute atomic E-state index is 0.131. The summed E-state index contributed by atoms with van der Waals surface area (Å²) in [5.74, 6) is 0.333. The monoisotopic (exact) mass is 360 g/mol. The largest absolute Gasteiger partial charge is 0.508 e. The van der Waals surface area contributed by atoms with E-state index < -0.39 is 0 Å². The van der Waals surface area contributed by atoms with Crippen molar-refractivity contribution in [1.29, 1.82) is 0 Å². The molecule has 0 aromatic heterocycles. The Morgan fingerprint density at radius 3 is 2.44 bits per heavy atom. The molecule has 0 spiro atoms. The quantitative estimate of drug-likeness (QED) is 0.767. The molecule has 2 aromatic rings. The minimum Gasteiger partial charge on any atom is -0.508 e.